The van der Waals surface area contributed by atoms with E-state index in [4.69, 9.17) is 4.74 Å². The number of nitrogens with one attached hydrogen (secondary N) is 2. The number of rotatable bonds is 6. The van der Waals surface area contributed by atoms with Gasteiger partial charge >= 0.3 is 6.03 Å². The summed E-state index contributed by atoms with van der Waals surface area (Å²) in [7, 11) is 0. The highest BCUT2D eigenvalue weighted by Crippen LogP contribution is 2.29. The second-order valence-electron chi connectivity index (χ2n) is 6.10. The van der Waals surface area contributed by atoms with Gasteiger partial charge in [-0.15, -0.1) is 6.58 Å². The van der Waals surface area contributed by atoms with Crippen LogP contribution in [0.4, 0.5) is 10.5 Å². The summed E-state index contributed by atoms with van der Waals surface area (Å²) in [5, 5.41) is 5.61. The summed E-state index contributed by atoms with van der Waals surface area (Å²) in [6.45, 7) is 4.50. The van der Waals surface area contributed by atoms with Crippen LogP contribution in [0.3, 0.4) is 0 Å². The van der Waals surface area contributed by atoms with Gasteiger partial charge < -0.3 is 20.3 Å². The molecule has 1 aromatic carbocycles. The maximum absolute atomic E-state index is 12.8. The molecule has 3 rings (SSSR count). The standard InChI is InChI=1S/C20H22N4O3/c1-2-11-22-20(26)24-13-6-9-17(24)19(25)23-16-8-3-4-10-18(16)27-15-7-5-12-21-14-15/h2-5,7-8,10,12,14,17H,1,6,9,11,13H2,(H,22,26)(H,23,25)/t17-/m1/s1. The van der Waals surface area contributed by atoms with Crippen LogP contribution in [-0.4, -0.2) is 41.0 Å². The van der Waals surface area contributed by atoms with Crippen LogP contribution in [0.5, 0.6) is 11.5 Å². The largest absolute Gasteiger partial charge is 0.454 e. The van der Waals surface area contributed by atoms with E-state index in [2.05, 4.69) is 22.2 Å². The Balaban J connectivity index is 1.70. The van der Waals surface area contributed by atoms with Crippen molar-refractivity contribution in [2.75, 3.05) is 18.4 Å². The van der Waals surface area contributed by atoms with Gasteiger partial charge in [0.1, 0.15) is 11.8 Å². The Labute approximate surface area is 158 Å². The van der Waals surface area contributed by atoms with Gasteiger partial charge in [0.25, 0.3) is 0 Å². The van der Waals surface area contributed by atoms with Crippen LogP contribution in [0.15, 0.2) is 61.4 Å². The molecule has 3 amide bonds. The lowest BCUT2D eigenvalue weighted by Crippen LogP contribution is -2.47. The van der Waals surface area contributed by atoms with Gasteiger partial charge in [0.05, 0.1) is 11.9 Å². The van der Waals surface area contributed by atoms with Gasteiger partial charge in [0, 0.05) is 19.3 Å². The second kappa shape index (κ2) is 8.84. The van der Waals surface area contributed by atoms with E-state index < -0.39 is 6.04 Å². The molecule has 7 heteroatoms. The summed E-state index contributed by atoms with van der Waals surface area (Å²) in [6, 6.07) is 9.96. The van der Waals surface area contributed by atoms with E-state index in [-0.39, 0.29) is 11.9 Å². The maximum Gasteiger partial charge on any atom is 0.318 e. The summed E-state index contributed by atoms with van der Waals surface area (Å²) in [5.74, 6) is 0.855. The van der Waals surface area contributed by atoms with Crippen LogP contribution in [0.25, 0.3) is 0 Å². The Hall–Kier alpha value is -3.35. The smallest absolute Gasteiger partial charge is 0.318 e. The van der Waals surface area contributed by atoms with Crippen LogP contribution in [0.2, 0.25) is 0 Å². The van der Waals surface area contributed by atoms with Gasteiger partial charge in [-0.3, -0.25) is 9.78 Å². The first kappa shape index (κ1) is 18.4. The van der Waals surface area contributed by atoms with Crippen molar-refractivity contribution in [3.05, 3.63) is 61.4 Å². The van der Waals surface area contributed by atoms with Crippen molar-refractivity contribution in [3.63, 3.8) is 0 Å². The third kappa shape index (κ3) is 4.63. The number of benzene rings is 1. The minimum Gasteiger partial charge on any atom is -0.454 e. The quantitative estimate of drug-likeness (QED) is 0.769. The van der Waals surface area contributed by atoms with Gasteiger partial charge in [-0.05, 0) is 37.1 Å². The molecular weight excluding hydrogens is 344 g/mol. The molecule has 1 fully saturated rings. The number of anilines is 1. The number of pyridine rings is 1. The summed E-state index contributed by atoms with van der Waals surface area (Å²) in [5.41, 5.74) is 0.546. The van der Waals surface area contributed by atoms with Crippen LogP contribution >= 0.6 is 0 Å². The lowest BCUT2D eigenvalue weighted by atomic mass is 10.2. The number of para-hydroxylation sites is 2. The average Bonchev–Trinajstić information content (AvgIpc) is 3.18. The van der Waals surface area contributed by atoms with Crippen molar-refractivity contribution in [3.8, 4) is 11.5 Å². The predicted octanol–water partition coefficient (Wildman–Crippen LogP) is 3.17. The van der Waals surface area contributed by atoms with Crippen molar-refractivity contribution in [1.29, 1.82) is 0 Å². The fourth-order valence-electron chi connectivity index (χ4n) is 2.95. The number of carbonyl (C=O) groups is 2. The molecule has 2 heterocycles. The topological polar surface area (TPSA) is 83.6 Å². The monoisotopic (exact) mass is 366 g/mol. The molecule has 1 saturated heterocycles. The normalized spacial score (nSPS) is 15.9. The molecule has 1 aliphatic heterocycles. The summed E-state index contributed by atoms with van der Waals surface area (Å²) in [6.07, 6.45) is 6.27. The molecule has 1 aromatic heterocycles. The molecule has 0 spiro atoms. The van der Waals surface area contributed by atoms with Crippen molar-refractivity contribution in [2.45, 2.75) is 18.9 Å². The third-order valence-corrected chi connectivity index (χ3v) is 4.22. The Morgan fingerprint density at radius 1 is 1.30 bits per heavy atom. The Bertz CT molecular complexity index is 810. The molecule has 0 bridgehead atoms. The fraction of sp³-hybridized carbons (Fsp3) is 0.250. The first-order chi connectivity index (χ1) is 13.2. The maximum atomic E-state index is 12.8. The summed E-state index contributed by atoms with van der Waals surface area (Å²) >= 11 is 0. The van der Waals surface area contributed by atoms with Gasteiger partial charge in [-0.25, -0.2) is 4.79 Å². The Morgan fingerprint density at radius 2 is 2.15 bits per heavy atom. The minimum atomic E-state index is -0.513. The number of carbonyl (C=O) groups excluding carboxylic acids is 2. The lowest BCUT2D eigenvalue weighted by Gasteiger charge is -2.24. The zero-order chi connectivity index (χ0) is 19.1. The predicted molar refractivity (Wildman–Crippen MR) is 103 cm³/mol. The summed E-state index contributed by atoms with van der Waals surface area (Å²) in [4.78, 5) is 30.6. The highest BCUT2D eigenvalue weighted by Gasteiger charge is 2.34. The van der Waals surface area contributed by atoms with E-state index in [9.17, 15) is 9.59 Å². The number of hydrogen-bond donors (Lipinski definition) is 2. The Morgan fingerprint density at radius 3 is 2.93 bits per heavy atom. The van der Waals surface area contributed by atoms with E-state index >= 15 is 0 Å². The van der Waals surface area contributed by atoms with E-state index in [1.807, 2.05) is 12.1 Å². The van der Waals surface area contributed by atoms with Gasteiger partial charge in [0.15, 0.2) is 5.75 Å². The Kier molecular flexibility index (Phi) is 6.04. The first-order valence-electron chi connectivity index (χ1n) is 8.82. The van der Waals surface area contributed by atoms with Crippen LogP contribution < -0.4 is 15.4 Å². The van der Waals surface area contributed by atoms with Crippen molar-refractivity contribution in [2.24, 2.45) is 0 Å². The van der Waals surface area contributed by atoms with Crippen LogP contribution in [0.1, 0.15) is 12.8 Å². The van der Waals surface area contributed by atoms with Crippen molar-refractivity contribution >= 4 is 17.6 Å². The number of aromatic nitrogens is 1. The second-order valence-corrected chi connectivity index (χ2v) is 6.10. The molecule has 2 aromatic rings. The minimum absolute atomic E-state index is 0.233. The zero-order valence-electron chi connectivity index (χ0n) is 14.9. The molecule has 0 saturated carbocycles. The molecular formula is C20H22N4O3. The first-order valence-corrected chi connectivity index (χ1v) is 8.82. The molecule has 7 nitrogen and oxygen atoms in total. The highest BCUT2D eigenvalue weighted by molar-refractivity contribution is 5.98. The third-order valence-electron chi connectivity index (χ3n) is 4.22. The van der Waals surface area contributed by atoms with E-state index in [0.717, 1.165) is 6.42 Å². The number of likely N-dealkylation sites (tertiary alicyclic amines) is 1. The summed E-state index contributed by atoms with van der Waals surface area (Å²) < 4.78 is 5.82. The van der Waals surface area contributed by atoms with E-state index in [0.29, 0.717) is 36.7 Å². The van der Waals surface area contributed by atoms with Crippen molar-refractivity contribution < 1.29 is 14.3 Å². The average molecular weight is 366 g/mol. The molecule has 0 unspecified atom stereocenters. The number of amides is 3. The van der Waals surface area contributed by atoms with Gasteiger partial charge in [0.2, 0.25) is 5.91 Å². The number of nitrogens with zero attached hydrogens (tertiary/aromatic N) is 2. The highest BCUT2D eigenvalue weighted by atomic mass is 16.5. The molecule has 0 aliphatic carbocycles. The SMILES string of the molecule is C=CCNC(=O)N1CCC[C@@H]1C(=O)Nc1ccccc1Oc1cccnc1. The van der Waals surface area contributed by atoms with Gasteiger partial charge in [-0.1, -0.05) is 18.2 Å². The van der Waals surface area contributed by atoms with Crippen LogP contribution in [-0.2, 0) is 4.79 Å². The molecule has 27 heavy (non-hydrogen) atoms. The number of urea groups is 1. The molecule has 1 atom stereocenters. The molecule has 2 N–H and O–H groups in total. The van der Waals surface area contributed by atoms with E-state index in [1.54, 1.807) is 47.6 Å². The fourth-order valence-corrected chi connectivity index (χ4v) is 2.95. The number of ether oxygens (including phenoxy) is 1. The van der Waals surface area contributed by atoms with Gasteiger partial charge in [-0.2, -0.15) is 0 Å². The molecule has 140 valence electrons. The lowest BCUT2D eigenvalue weighted by molar-refractivity contribution is -0.119. The number of hydrogen-bond acceptors (Lipinski definition) is 4. The van der Waals surface area contributed by atoms with E-state index in [1.165, 1.54) is 0 Å². The molecule has 1 aliphatic rings. The zero-order valence-corrected chi connectivity index (χ0v) is 14.9. The van der Waals surface area contributed by atoms with Crippen LogP contribution in [0, 0.1) is 0 Å². The van der Waals surface area contributed by atoms with Crippen molar-refractivity contribution in [1.82, 2.24) is 15.2 Å². The molecule has 0 radical (unpaired) electrons.